The van der Waals surface area contributed by atoms with Crippen LogP contribution < -0.4 is 0 Å². The van der Waals surface area contributed by atoms with E-state index in [1.807, 2.05) is 0 Å². The molecule has 21 heavy (non-hydrogen) atoms. The van der Waals surface area contributed by atoms with Gasteiger partial charge in [-0.15, -0.1) is 0 Å². The molecule has 1 amide bonds. The molecule has 2 heterocycles. The second kappa shape index (κ2) is 5.17. The van der Waals surface area contributed by atoms with Crippen LogP contribution >= 0.6 is 0 Å². The van der Waals surface area contributed by atoms with E-state index in [1.54, 1.807) is 0 Å². The summed E-state index contributed by atoms with van der Waals surface area (Å²) in [7, 11) is 0. The van der Waals surface area contributed by atoms with E-state index in [0.717, 1.165) is 0 Å². The molecule has 0 unspecified atom stereocenters. The number of carbonyl (C=O) groups is 2. The maximum absolute atomic E-state index is 13.1. The number of ether oxygens (including phenoxy) is 1. The largest absolute Gasteiger partial charge is 0.479 e. The fourth-order valence-electron chi connectivity index (χ4n) is 2.26. The number of carboxylic acid groups (broad SMARTS) is 1. The van der Waals surface area contributed by atoms with Crippen LogP contribution in [0.5, 0.6) is 0 Å². The summed E-state index contributed by atoms with van der Waals surface area (Å²) in [5.41, 5.74) is 0.405. The van der Waals surface area contributed by atoms with Crippen LogP contribution in [0.15, 0.2) is 28.7 Å². The quantitative estimate of drug-likeness (QED) is 0.907. The van der Waals surface area contributed by atoms with E-state index in [0.29, 0.717) is 11.0 Å². The number of nitrogens with zero attached hydrogens (tertiary/aromatic N) is 1. The Labute approximate surface area is 118 Å². The zero-order chi connectivity index (χ0) is 15.0. The molecule has 2 aromatic rings. The Morgan fingerprint density at radius 3 is 2.90 bits per heavy atom. The number of rotatable bonds is 2. The Bertz CT molecular complexity index is 710. The van der Waals surface area contributed by atoms with Gasteiger partial charge in [0.2, 0.25) is 0 Å². The standard InChI is InChI=1S/C14H12FNO5/c15-9-1-2-10-8(5-9)6-11(21-10)13(17)16-3-4-20-12(7-16)14(18)19/h1-2,5-6,12H,3-4,7H2,(H,18,19)/t12-/m0/s1. The lowest BCUT2D eigenvalue weighted by Gasteiger charge is -2.30. The molecule has 3 rings (SSSR count). The average molecular weight is 293 g/mol. The molecule has 1 aromatic heterocycles. The summed E-state index contributed by atoms with van der Waals surface area (Å²) in [6.07, 6.45) is -1.04. The number of morpholine rings is 1. The number of furan rings is 1. The van der Waals surface area contributed by atoms with Crippen molar-refractivity contribution in [3.05, 3.63) is 35.8 Å². The SMILES string of the molecule is O=C(O)[C@@H]1CN(C(=O)c2cc3cc(F)ccc3o2)CCO1. The first kappa shape index (κ1) is 13.6. The van der Waals surface area contributed by atoms with Crippen LogP contribution in [-0.2, 0) is 9.53 Å². The van der Waals surface area contributed by atoms with Crippen LogP contribution in [-0.4, -0.2) is 47.7 Å². The molecule has 0 radical (unpaired) electrons. The molecule has 1 aromatic carbocycles. The Kier molecular flexibility index (Phi) is 3.34. The van der Waals surface area contributed by atoms with Gasteiger partial charge in [-0.2, -0.15) is 0 Å². The van der Waals surface area contributed by atoms with Crippen LogP contribution in [0.4, 0.5) is 4.39 Å². The Morgan fingerprint density at radius 2 is 2.14 bits per heavy atom. The highest BCUT2D eigenvalue weighted by Gasteiger charge is 2.30. The minimum Gasteiger partial charge on any atom is -0.479 e. The topological polar surface area (TPSA) is 80.0 Å². The summed E-state index contributed by atoms with van der Waals surface area (Å²) in [4.78, 5) is 24.6. The number of halogens is 1. The van der Waals surface area contributed by atoms with Crippen LogP contribution in [0.25, 0.3) is 11.0 Å². The van der Waals surface area contributed by atoms with Gasteiger partial charge in [0.25, 0.3) is 5.91 Å². The highest BCUT2D eigenvalue weighted by Crippen LogP contribution is 2.22. The van der Waals surface area contributed by atoms with Gasteiger partial charge in [-0.1, -0.05) is 0 Å². The molecule has 0 aliphatic carbocycles. The van der Waals surface area contributed by atoms with Gasteiger partial charge in [0.1, 0.15) is 11.4 Å². The first-order valence-electron chi connectivity index (χ1n) is 6.37. The lowest BCUT2D eigenvalue weighted by atomic mass is 10.2. The summed E-state index contributed by atoms with van der Waals surface area (Å²) in [5, 5.41) is 9.41. The minimum absolute atomic E-state index is 0.0421. The van der Waals surface area contributed by atoms with Crippen molar-refractivity contribution in [2.24, 2.45) is 0 Å². The summed E-state index contributed by atoms with van der Waals surface area (Å²) in [6, 6.07) is 5.41. The van der Waals surface area contributed by atoms with Crippen LogP contribution in [0.2, 0.25) is 0 Å². The molecule has 1 saturated heterocycles. The maximum atomic E-state index is 13.1. The number of aliphatic carboxylic acids is 1. The first-order chi connectivity index (χ1) is 10.0. The molecule has 0 saturated carbocycles. The lowest BCUT2D eigenvalue weighted by Crippen LogP contribution is -2.48. The molecule has 6 nitrogen and oxygen atoms in total. The zero-order valence-electron chi connectivity index (χ0n) is 10.9. The summed E-state index contributed by atoms with van der Waals surface area (Å²) >= 11 is 0. The van der Waals surface area contributed by atoms with Crippen LogP contribution in [0.3, 0.4) is 0 Å². The predicted molar refractivity (Wildman–Crippen MR) is 69.5 cm³/mol. The second-order valence-electron chi connectivity index (χ2n) is 4.74. The number of benzene rings is 1. The van der Waals surface area contributed by atoms with Crippen molar-refractivity contribution in [1.29, 1.82) is 0 Å². The number of hydrogen-bond acceptors (Lipinski definition) is 4. The third-order valence-electron chi connectivity index (χ3n) is 3.32. The van der Waals surface area contributed by atoms with Crippen molar-refractivity contribution in [2.75, 3.05) is 19.7 Å². The van der Waals surface area contributed by atoms with Gasteiger partial charge in [0, 0.05) is 11.9 Å². The zero-order valence-corrected chi connectivity index (χ0v) is 10.9. The lowest BCUT2D eigenvalue weighted by molar-refractivity contribution is -0.154. The maximum Gasteiger partial charge on any atom is 0.334 e. The molecule has 7 heteroatoms. The number of hydrogen-bond donors (Lipinski definition) is 1. The second-order valence-corrected chi connectivity index (χ2v) is 4.74. The van der Waals surface area contributed by atoms with Gasteiger partial charge in [-0.3, -0.25) is 4.79 Å². The summed E-state index contributed by atoms with van der Waals surface area (Å²) in [5.74, 6) is -1.90. The highest BCUT2D eigenvalue weighted by molar-refractivity contribution is 5.96. The molecule has 1 aliphatic heterocycles. The molecule has 1 N–H and O–H groups in total. The van der Waals surface area contributed by atoms with E-state index in [4.69, 9.17) is 14.3 Å². The normalized spacial score (nSPS) is 18.9. The van der Waals surface area contributed by atoms with E-state index in [2.05, 4.69) is 0 Å². The van der Waals surface area contributed by atoms with Crippen molar-refractivity contribution in [1.82, 2.24) is 4.90 Å². The minimum atomic E-state index is -1.11. The molecule has 0 spiro atoms. The third-order valence-corrected chi connectivity index (χ3v) is 3.32. The van der Waals surface area contributed by atoms with E-state index < -0.39 is 23.8 Å². The van der Waals surface area contributed by atoms with Gasteiger partial charge in [-0.05, 0) is 24.3 Å². The van der Waals surface area contributed by atoms with Crippen LogP contribution in [0.1, 0.15) is 10.6 Å². The Hall–Kier alpha value is -2.41. The van der Waals surface area contributed by atoms with Gasteiger partial charge in [0.15, 0.2) is 11.9 Å². The van der Waals surface area contributed by atoms with Crippen molar-refractivity contribution >= 4 is 22.8 Å². The molecule has 1 fully saturated rings. The number of carboxylic acids is 1. The van der Waals surface area contributed by atoms with Gasteiger partial charge in [-0.25, -0.2) is 9.18 Å². The molecule has 1 aliphatic rings. The van der Waals surface area contributed by atoms with Gasteiger partial charge < -0.3 is 19.2 Å². The monoisotopic (exact) mass is 293 g/mol. The molecular formula is C14H12FNO5. The van der Waals surface area contributed by atoms with E-state index in [9.17, 15) is 14.0 Å². The number of fused-ring (bicyclic) bond motifs is 1. The fourth-order valence-corrected chi connectivity index (χ4v) is 2.26. The molecule has 110 valence electrons. The third kappa shape index (κ3) is 2.59. The molecular weight excluding hydrogens is 281 g/mol. The molecule has 0 bridgehead atoms. The number of carbonyl (C=O) groups excluding carboxylic acids is 1. The van der Waals surface area contributed by atoms with E-state index in [-0.39, 0.29) is 25.5 Å². The number of amides is 1. The Balaban J connectivity index is 1.84. The smallest absolute Gasteiger partial charge is 0.334 e. The van der Waals surface area contributed by atoms with Crippen molar-refractivity contribution in [3.8, 4) is 0 Å². The summed E-state index contributed by atoms with van der Waals surface area (Å²) in [6.45, 7) is 0.394. The van der Waals surface area contributed by atoms with E-state index >= 15 is 0 Å². The van der Waals surface area contributed by atoms with Gasteiger partial charge >= 0.3 is 5.97 Å². The van der Waals surface area contributed by atoms with E-state index in [1.165, 1.54) is 29.2 Å². The first-order valence-corrected chi connectivity index (χ1v) is 6.37. The predicted octanol–water partition coefficient (Wildman–Crippen LogP) is 1.50. The molecule has 1 atom stereocenters. The summed E-state index contributed by atoms with van der Waals surface area (Å²) < 4.78 is 23.6. The Morgan fingerprint density at radius 1 is 1.33 bits per heavy atom. The highest BCUT2D eigenvalue weighted by atomic mass is 19.1. The van der Waals surface area contributed by atoms with Crippen molar-refractivity contribution in [3.63, 3.8) is 0 Å². The van der Waals surface area contributed by atoms with Crippen LogP contribution in [0, 0.1) is 5.82 Å². The fraction of sp³-hybridized carbons (Fsp3) is 0.286. The van der Waals surface area contributed by atoms with Gasteiger partial charge in [0.05, 0.1) is 13.2 Å². The average Bonchev–Trinajstić information content (AvgIpc) is 2.89. The van der Waals surface area contributed by atoms with Crippen molar-refractivity contribution < 1.29 is 28.2 Å². The van der Waals surface area contributed by atoms with Crippen molar-refractivity contribution in [2.45, 2.75) is 6.10 Å².